The molecular weight excluding hydrogens is 328 g/mol. The predicted octanol–water partition coefficient (Wildman–Crippen LogP) is 2.96. The molecule has 0 atom stereocenters. The molecule has 1 aliphatic heterocycles. The molecule has 0 radical (unpaired) electrons. The molecule has 0 saturated carbocycles. The molecule has 0 unspecified atom stereocenters. The number of aryl methyl sites for hydroxylation is 2. The number of carbonyl (C=O) groups excluding carboxylic acids is 2. The van der Waals surface area contributed by atoms with E-state index in [4.69, 9.17) is 4.74 Å². The average Bonchev–Trinajstić information content (AvgIpc) is 2.62. The van der Waals surface area contributed by atoms with Gasteiger partial charge in [-0.1, -0.05) is 31.5 Å². The molecule has 144 valence electrons. The van der Waals surface area contributed by atoms with Crippen LogP contribution < -0.4 is 4.74 Å². The third kappa shape index (κ3) is 4.57. The van der Waals surface area contributed by atoms with Crippen molar-refractivity contribution in [3.8, 4) is 5.75 Å². The summed E-state index contributed by atoms with van der Waals surface area (Å²) in [7, 11) is 1.65. The van der Waals surface area contributed by atoms with Gasteiger partial charge in [-0.25, -0.2) is 0 Å². The number of piperazine rings is 1. The van der Waals surface area contributed by atoms with Crippen molar-refractivity contribution < 1.29 is 14.3 Å². The molecule has 1 saturated heterocycles. The van der Waals surface area contributed by atoms with E-state index in [9.17, 15) is 9.59 Å². The second-order valence-corrected chi connectivity index (χ2v) is 7.17. The molecule has 5 heteroatoms. The van der Waals surface area contributed by atoms with Gasteiger partial charge in [-0.2, -0.15) is 0 Å². The van der Waals surface area contributed by atoms with E-state index in [2.05, 4.69) is 19.9 Å². The number of ether oxygens (including phenoxy) is 1. The Balaban J connectivity index is 1.98. The van der Waals surface area contributed by atoms with Gasteiger partial charge in [-0.15, -0.1) is 0 Å². The Morgan fingerprint density at radius 3 is 2.15 bits per heavy atom. The van der Waals surface area contributed by atoms with Crippen LogP contribution in [-0.4, -0.2) is 54.9 Å². The molecule has 2 rings (SSSR count). The van der Waals surface area contributed by atoms with Crippen molar-refractivity contribution in [2.45, 2.75) is 47.0 Å². The summed E-state index contributed by atoms with van der Waals surface area (Å²) >= 11 is 0. The Bertz CT molecular complexity index is 645. The molecule has 5 nitrogen and oxygen atoms in total. The van der Waals surface area contributed by atoms with Crippen LogP contribution in [0, 0.1) is 19.8 Å². The summed E-state index contributed by atoms with van der Waals surface area (Å²) in [5, 5.41) is 0. The fourth-order valence-electron chi connectivity index (χ4n) is 3.81. The summed E-state index contributed by atoms with van der Waals surface area (Å²) in [5.74, 6) is 1.24. The van der Waals surface area contributed by atoms with E-state index in [1.807, 2.05) is 29.7 Å². The number of nitrogens with zero attached hydrogens (tertiary/aromatic N) is 2. The van der Waals surface area contributed by atoms with E-state index < -0.39 is 0 Å². The first-order chi connectivity index (χ1) is 12.4. The summed E-state index contributed by atoms with van der Waals surface area (Å²) < 4.78 is 5.50. The van der Waals surface area contributed by atoms with Crippen LogP contribution in [0.15, 0.2) is 12.1 Å². The Hall–Kier alpha value is -2.04. The minimum absolute atomic E-state index is 0.0999. The van der Waals surface area contributed by atoms with Crippen LogP contribution in [0.4, 0.5) is 0 Å². The number of methoxy groups -OCH3 is 1. The van der Waals surface area contributed by atoms with Gasteiger partial charge in [0.15, 0.2) is 0 Å². The van der Waals surface area contributed by atoms with Crippen molar-refractivity contribution in [2.75, 3.05) is 33.3 Å². The lowest BCUT2D eigenvalue weighted by atomic mass is 10.0. The van der Waals surface area contributed by atoms with E-state index in [0.717, 1.165) is 35.3 Å². The maximum absolute atomic E-state index is 12.7. The standard InChI is InChI=1S/C21H32N2O3/c1-6-17(7-2)21(25)23-10-8-22(9-11-23)19(24)14-18-13-15(3)12-16(4)20(18)26-5/h12-13,17H,6-11,14H2,1-5H3. The minimum atomic E-state index is 0.0999. The second-order valence-electron chi connectivity index (χ2n) is 7.17. The largest absolute Gasteiger partial charge is 0.496 e. The van der Waals surface area contributed by atoms with E-state index in [1.165, 1.54) is 0 Å². The molecule has 0 N–H and O–H groups in total. The number of rotatable bonds is 6. The van der Waals surface area contributed by atoms with Crippen LogP contribution in [0.3, 0.4) is 0 Å². The van der Waals surface area contributed by atoms with Gasteiger partial charge in [0, 0.05) is 37.7 Å². The topological polar surface area (TPSA) is 49.9 Å². The fraction of sp³-hybridized carbons (Fsp3) is 0.619. The maximum Gasteiger partial charge on any atom is 0.227 e. The molecule has 0 spiro atoms. The van der Waals surface area contributed by atoms with Crippen LogP contribution in [0.1, 0.15) is 43.4 Å². The van der Waals surface area contributed by atoms with Crippen molar-refractivity contribution >= 4 is 11.8 Å². The predicted molar refractivity (Wildman–Crippen MR) is 103 cm³/mol. The van der Waals surface area contributed by atoms with E-state index >= 15 is 0 Å². The number of hydrogen-bond donors (Lipinski definition) is 0. The third-order valence-electron chi connectivity index (χ3n) is 5.32. The molecule has 26 heavy (non-hydrogen) atoms. The van der Waals surface area contributed by atoms with Gasteiger partial charge in [0.25, 0.3) is 0 Å². The van der Waals surface area contributed by atoms with Crippen molar-refractivity contribution in [2.24, 2.45) is 5.92 Å². The van der Waals surface area contributed by atoms with Gasteiger partial charge in [0.2, 0.25) is 11.8 Å². The van der Waals surface area contributed by atoms with E-state index in [1.54, 1.807) is 7.11 Å². The van der Waals surface area contributed by atoms with Crippen LogP contribution >= 0.6 is 0 Å². The molecule has 0 bridgehead atoms. The molecule has 1 fully saturated rings. The van der Waals surface area contributed by atoms with Crippen molar-refractivity contribution in [3.63, 3.8) is 0 Å². The molecular formula is C21H32N2O3. The van der Waals surface area contributed by atoms with Gasteiger partial charge in [-0.3, -0.25) is 9.59 Å². The molecule has 1 aliphatic rings. The Kier molecular flexibility index (Phi) is 7.06. The zero-order valence-corrected chi connectivity index (χ0v) is 16.8. The zero-order chi connectivity index (χ0) is 19.3. The third-order valence-corrected chi connectivity index (χ3v) is 5.32. The van der Waals surface area contributed by atoms with E-state index in [-0.39, 0.29) is 17.7 Å². The first kappa shape index (κ1) is 20.3. The molecule has 2 amide bonds. The lowest BCUT2D eigenvalue weighted by Crippen LogP contribution is -2.52. The van der Waals surface area contributed by atoms with Gasteiger partial charge in [0.1, 0.15) is 5.75 Å². The van der Waals surface area contributed by atoms with Gasteiger partial charge < -0.3 is 14.5 Å². The highest BCUT2D eigenvalue weighted by Crippen LogP contribution is 2.26. The van der Waals surface area contributed by atoms with Gasteiger partial charge >= 0.3 is 0 Å². The van der Waals surface area contributed by atoms with Crippen LogP contribution in [0.2, 0.25) is 0 Å². The lowest BCUT2D eigenvalue weighted by Gasteiger charge is -2.36. The van der Waals surface area contributed by atoms with Gasteiger partial charge in [-0.05, 0) is 32.3 Å². The molecule has 1 aromatic carbocycles. The number of hydrogen-bond acceptors (Lipinski definition) is 3. The van der Waals surface area contributed by atoms with Crippen molar-refractivity contribution in [1.29, 1.82) is 0 Å². The van der Waals surface area contributed by atoms with Gasteiger partial charge in [0.05, 0.1) is 13.5 Å². The number of benzene rings is 1. The summed E-state index contributed by atoms with van der Waals surface area (Å²) in [6.07, 6.45) is 2.09. The fourth-order valence-corrected chi connectivity index (χ4v) is 3.81. The molecule has 1 heterocycles. The molecule has 0 aromatic heterocycles. The average molecular weight is 360 g/mol. The SMILES string of the molecule is CCC(CC)C(=O)N1CCN(C(=O)Cc2cc(C)cc(C)c2OC)CC1. The number of carbonyl (C=O) groups is 2. The minimum Gasteiger partial charge on any atom is -0.496 e. The monoisotopic (exact) mass is 360 g/mol. The van der Waals surface area contributed by atoms with E-state index in [0.29, 0.717) is 32.6 Å². The summed E-state index contributed by atoms with van der Waals surface area (Å²) in [5.41, 5.74) is 3.12. The first-order valence-corrected chi connectivity index (χ1v) is 9.61. The summed E-state index contributed by atoms with van der Waals surface area (Å²) in [4.78, 5) is 29.0. The van der Waals surface area contributed by atoms with Crippen LogP contribution in [-0.2, 0) is 16.0 Å². The highest BCUT2D eigenvalue weighted by molar-refractivity contribution is 5.81. The molecule has 0 aliphatic carbocycles. The Morgan fingerprint density at radius 2 is 1.62 bits per heavy atom. The summed E-state index contributed by atoms with van der Waals surface area (Å²) in [6, 6.07) is 4.09. The second kappa shape index (κ2) is 9.06. The first-order valence-electron chi connectivity index (χ1n) is 9.61. The summed E-state index contributed by atoms with van der Waals surface area (Å²) in [6.45, 7) is 10.6. The maximum atomic E-state index is 12.7. The normalized spacial score (nSPS) is 14.7. The highest BCUT2D eigenvalue weighted by atomic mass is 16.5. The van der Waals surface area contributed by atoms with Crippen molar-refractivity contribution in [1.82, 2.24) is 9.80 Å². The van der Waals surface area contributed by atoms with Crippen molar-refractivity contribution in [3.05, 3.63) is 28.8 Å². The van der Waals surface area contributed by atoms with Crippen LogP contribution in [0.5, 0.6) is 5.75 Å². The Labute approximate surface area is 157 Å². The Morgan fingerprint density at radius 1 is 1.04 bits per heavy atom. The smallest absolute Gasteiger partial charge is 0.227 e. The zero-order valence-electron chi connectivity index (χ0n) is 16.8. The highest BCUT2D eigenvalue weighted by Gasteiger charge is 2.27. The number of amides is 2. The lowest BCUT2D eigenvalue weighted by molar-refractivity contribution is -0.142. The van der Waals surface area contributed by atoms with Crippen LogP contribution in [0.25, 0.3) is 0 Å². The quantitative estimate of drug-likeness (QED) is 0.784. The molecule has 1 aromatic rings.